The van der Waals surface area contributed by atoms with Gasteiger partial charge in [-0.05, 0) is 50.2 Å². The molecule has 2 N–H and O–H groups in total. The Balaban J connectivity index is 1.40. The zero-order valence-electron chi connectivity index (χ0n) is 17.2. The number of para-hydroxylation sites is 1. The molecular formula is C23H31N3OS2. The second-order valence-electron chi connectivity index (χ2n) is 7.99. The second kappa shape index (κ2) is 10.1. The number of carbonyl (C=O) groups excluding carboxylic acids is 1. The Hall–Kier alpha value is -1.40. The molecule has 2 heterocycles. The van der Waals surface area contributed by atoms with Gasteiger partial charge in [0.05, 0.1) is 11.4 Å². The highest BCUT2D eigenvalue weighted by Gasteiger charge is 2.31. The first-order valence-electron chi connectivity index (χ1n) is 11.0. The number of rotatable bonds is 8. The van der Waals surface area contributed by atoms with Crippen molar-refractivity contribution in [2.75, 3.05) is 24.2 Å². The van der Waals surface area contributed by atoms with Gasteiger partial charge in [0.1, 0.15) is 0 Å². The molecule has 0 radical (unpaired) electrons. The summed E-state index contributed by atoms with van der Waals surface area (Å²) in [4.78, 5) is 17.7. The summed E-state index contributed by atoms with van der Waals surface area (Å²) in [5, 5.41) is 8.52. The molecular weight excluding hydrogens is 398 g/mol. The Labute approximate surface area is 181 Å². The Morgan fingerprint density at radius 2 is 2.10 bits per heavy atom. The number of anilines is 1. The summed E-state index contributed by atoms with van der Waals surface area (Å²) in [5.74, 6) is 1.55. The average molecular weight is 430 g/mol. The summed E-state index contributed by atoms with van der Waals surface area (Å²) in [5.41, 5.74) is 4.93. The monoisotopic (exact) mass is 429 g/mol. The summed E-state index contributed by atoms with van der Waals surface area (Å²) in [7, 11) is 3.82. The Morgan fingerprint density at radius 1 is 1.24 bits per heavy atom. The van der Waals surface area contributed by atoms with Crippen molar-refractivity contribution >= 4 is 44.1 Å². The largest absolute Gasteiger partial charge is 0.382 e. The van der Waals surface area contributed by atoms with Crippen LogP contribution in [0.1, 0.15) is 50.3 Å². The Bertz CT molecular complexity index is 851. The molecule has 156 valence electrons. The number of aromatic nitrogens is 1. The third-order valence-electron chi connectivity index (χ3n) is 5.96. The molecule has 1 aromatic carbocycles. The van der Waals surface area contributed by atoms with Crippen molar-refractivity contribution in [2.24, 2.45) is 5.92 Å². The van der Waals surface area contributed by atoms with Gasteiger partial charge in [-0.1, -0.05) is 53.1 Å². The Morgan fingerprint density at radius 3 is 2.93 bits per heavy atom. The minimum Gasteiger partial charge on any atom is -0.382 e. The topological polar surface area (TPSA) is 54.0 Å². The third kappa shape index (κ3) is 4.85. The molecule has 2 unspecified atom stereocenters. The quantitative estimate of drug-likeness (QED) is 0.445. The van der Waals surface area contributed by atoms with Crippen LogP contribution in [0.4, 0.5) is 5.69 Å². The molecule has 29 heavy (non-hydrogen) atoms. The fraction of sp³-hybridized carbons (Fsp3) is 0.565. The summed E-state index contributed by atoms with van der Waals surface area (Å²) < 4.78 is 0. The molecule has 1 aliphatic heterocycles. The smallest absolute Gasteiger partial charge is 0.224 e. The van der Waals surface area contributed by atoms with Gasteiger partial charge < -0.3 is 10.6 Å². The van der Waals surface area contributed by atoms with E-state index in [0.717, 1.165) is 44.2 Å². The van der Waals surface area contributed by atoms with Crippen LogP contribution in [-0.2, 0) is 17.6 Å². The van der Waals surface area contributed by atoms with E-state index < -0.39 is 0 Å². The maximum atomic E-state index is 12.8. The van der Waals surface area contributed by atoms with Crippen molar-refractivity contribution in [1.29, 1.82) is 0 Å². The van der Waals surface area contributed by atoms with E-state index in [2.05, 4.69) is 41.8 Å². The maximum Gasteiger partial charge on any atom is 0.224 e. The minimum atomic E-state index is 0.148. The van der Waals surface area contributed by atoms with E-state index in [0.29, 0.717) is 11.8 Å². The molecule has 2 aromatic rings. The lowest BCUT2D eigenvalue weighted by molar-refractivity contribution is -0.125. The normalized spacial score (nSPS) is 19.7. The van der Waals surface area contributed by atoms with Crippen LogP contribution in [0.25, 0.3) is 10.9 Å². The zero-order chi connectivity index (χ0) is 20.1. The molecule has 0 saturated carbocycles. The fourth-order valence-corrected chi connectivity index (χ4v) is 7.66. The van der Waals surface area contributed by atoms with Crippen molar-refractivity contribution in [3.63, 3.8) is 0 Å². The number of pyridine rings is 1. The summed E-state index contributed by atoms with van der Waals surface area (Å²) >= 11 is 0. The van der Waals surface area contributed by atoms with E-state index in [-0.39, 0.29) is 11.8 Å². The molecule has 1 amide bonds. The van der Waals surface area contributed by atoms with E-state index in [1.807, 2.05) is 21.6 Å². The van der Waals surface area contributed by atoms with Crippen LogP contribution in [0.15, 0.2) is 24.3 Å². The number of fused-ring (bicyclic) bond motifs is 2. The van der Waals surface area contributed by atoms with E-state index in [4.69, 9.17) is 4.98 Å². The predicted molar refractivity (Wildman–Crippen MR) is 127 cm³/mol. The fourth-order valence-electron chi connectivity index (χ4n) is 4.49. The first-order valence-corrected chi connectivity index (χ1v) is 13.4. The molecule has 1 aromatic heterocycles. The summed E-state index contributed by atoms with van der Waals surface area (Å²) in [6, 6.07) is 8.40. The number of aryl methyl sites for hydroxylation is 1. The third-order valence-corrected chi connectivity index (χ3v) is 8.96. The van der Waals surface area contributed by atoms with Crippen molar-refractivity contribution in [1.82, 2.24) is 10.3 Å². The molecule has 4 rings (SSSR count). The number of nitrogens with one attached hydrogen (secondary N) is 2. The van der Waals surface area contributed by atoms with E-state index in [1.54, 1.807) is 0 Å². The van der Waals surface area contributed by atoms with Crippen LogP contribution >= 0.6 is 21.6 Å². The second-order valence-corrected chi connectivity index (χ2v) is 10.7. The number of amides is 1. The van der Waals surface area contributed by atoms with Crippen molar-refractivity contribution in [2.45, 2.75) is 57.1 Å². The van der Waals surface area contributed by atoms with Gasteiger partial charge in [-0.3, -0.25) is 9.78 Å². The number of nitrogens with zero attached hydrogens (tertiary/aromatic N) is 1. The van der Waals surface area contributed by atoms with Crippen LogP contribution in [-0.4, -0.2) is 35.0 Å². The van der Waals surface area contributed by atoms with Gasteiger partial charge >= 0.3 is 0 Å². The van der Waals surface area contributed by atoms with E-state index >= 15 is 0 Å². The van der Waals surface area contributed by atoms with Gasteiger partial charge in [-0.15, -0.1) is 0 Å². The van der Waals surface area contributed by atoms with Gasteiger partial charge in [-0.2, -0.15) is 0 Å². The average Bonchev–Trinajstić information content (AvgIpc) is 3.28. The molecule has 2 atom stereocenters. The number of hydrogen-bond acceptors (Lipinski definition) is 5. The van der Waals surface area contributed by atoms with Gasteiger partial charge in [0.2, 0.25) is 5.91 Å². The first-order chi connectivity index (χ1) is 14.3. The molecule has 1 saturated heterocycles. The lowest BCUT2D eigenvalue weighted by atomic mass is 9.92. The lowest BCUT2D eigenvalue weighted by Gasteiger charge is -2.23. The van der Waals surface area contributed by atoms with E-state index in [9.17, 15) is 4.79 Å². The van der Waals surface area contributed by atoms with Crippen LogP contribution in [0.5, 0.6) is 0 Å². The number of carbonyl (C=O) groups is 1. The minimum absolute atomic E-state index is 0.148. The molecule has 4 nitrogen and oxygen atoms in total. The molecule has 0 bridgehead atoms. The highest BCUT2D eigenvalue weighted by molar-refractivity contribution is 8.77. The van der Waals surface area contributed by atoms with Crippen molar-refractivity contribution < 1.29 is 4.79 Å². The number of benzene rings is 1. The highest BCUT2D eigenvalue weighted by Crippen LogP contribution is 2.42. The molecule has 1 fully saturated rings. The number of hydrogen-bond donors (Lipinski definition) is 2. The SMILES string of the molecule is CCCC(C(=O)NCCNc1c2c(nc3ccccc13)CCCC2)C1CCSS1. The molecule has 6 heteroatoms. The van der Waals surface area contributed by atoms with Gasteiger partial charge in [0, 0.05) is 40.9 Å². The van der Waals surface area contributed by atoms with Crippen LogP contribution < -0.4 is 10.6 Å². The summed E-state index contributed by atoms with van der Waals surface area (Å²) in [6.07, 6.45) is 7.82. The summed E-state index contributed by atoms with van der Waals surface area (Å²) in [6.45, 7) is 3.58. The molecule has 0 spiro atoms. The maximum absolute atomic E-state index is 12.8. The van der Waals surface area contributed by atoms with Gasteiger partial charge in [0.15, 0.2) is 0 Å². The van der Waals surface area contributed by atoms with Gasteiger partial charge in [0.25, 0.3) is 0 Å². The molecule has 2 aliphatic rings. The highest BCUT2D eigenvalue weighted by atomic mass is 33.1. The zero-order valence-corrected chi connectivity index (χ0v) is 18.8. The standard InChI is InChI=1S/C23H31N3OS2/c1-2-7-18(21-12-15-28-29-21)23(27)25-14-13-24-22-16-8-3-5-10-19(16)26-20-11-6-4-9-17(20)22/h3,5,8,10,18,21H,2,4,6-7,9,11-15H2,1H3,(H,24,26)(H,25,27). The van der Waals surface area contributed by atoms with Crippen LogP contribution in [0.2, 0.25) is 0 Å². The predicted octanol–water partition coefficient (Wildman–Crippen LogP) is 5.21. The first kappa shape index (κ1) is 20.9. The Kier molecular flexibility index (Phi) is 7.24. The lowest BCUT2D eigenvalue weighted by Crippen LogP contribution is -2.38. The van der Waals surface area contributed by atoms with Crippen LogP contribution in [0.3, 0.4) is 0 Å². The van der Waals surface area contributed by atoms with Crippen molar-refractivity contribution in [3.8, 4) is 0 Å². The van der Waals surface area contributed by atoms with Crippen LogP contribution in [0, 0.1) is 5.92 Å². The van der Waals surface area contributed by atoms with E-state index in [1.165, 1.54) is 40.9 Å². The van der Waals surface area contributed by atoms with Crippen molar-refractivity contribution in [3.05, 3.63) is 35.5 Å². The van der Waals surface area contributed by atoms with Gasteiger partial charge in [-0.25, -0.2) is 0 Å². The molecule has 1 aliphatic carbocycles.